The Labute approximate surface area is 212 Å². The molecule has 1 fully saturated rings. The van der Waals surface area contributed by atoms with E-state index in [-0.39, 0.29) is 24.4 Å². The van der Waals surface area contributed by atoms with E-state index >= 15 is 0 Å². The summed E-state index contributed by atoms with van der Waals surface area (Å²) in [6.45, 7) is 9.35. The second-order valence-electron chi connectivity index (χ2n) is 9.21. The zero-order valence-corrected chi connectivity index (χ0v) is 21.5. The maximum Gasteiger partial charge on any atom is 0.238 e. The normalized spacial score (nSPS) is 15.1. The van der Waals surface area contributed by atoms with Gasteiger partial charge in [0, 0.05) is 36.7 Å². The van der Waals surface area contributed by atoms with Gasteiger partial charge in [0.1, 0.15) is 0 Å². The van der Waals surface area contributed by atoms with Crippen LogP contribution in [-0.4, -0.2) is 60.9 Å². The Hall–Kier alpha value is -3.00. The van der Waals surface area contributed by atoms with Gasteiger partial charge in [-0.2, -0.15) is 0 Å². The van der Waals surface area contributed by atoms with Crippen molar-refractivity contribution in [3.63, 3.8) is 0 Å². The summed E-state index contributed by atoms with van der Waals surface area (Å²) in [5.74, 6) is 0.0824. The van der Waals surface area contributed by atoms with Crippen LogP contribution in [0.1, 0.15) is 33.2 Å². The van der Waals surface area contributed by atoms with Gasteiger partial charge in [-0.3, -0.25) is 19.8 Å². The number of benzene rings is 2. The molecular formula is C28H34N4O2S. The highest BCUT2D eigenvalue weighted by Crippen LogP contribution is 2.26. The van der Waals surface area contributed by atoms with E-state index in [2.05, 4.69) is 58.2 Å². The Bertz CT molecular complexity index is 1120. The number of nitrogens with zero attached hydrogens (tertiary/aromatic N) is 2. The number of hydrogen-bond acceptors (Lipinski definition) is 5. The Morgan fingerprint density at radius 1 is 0.914 bits per heavy atom. The molecule has 1 aromatic heterocycles. The third-order valence-corrected chi connectivity index (χ3v) is 7.47. The molecular weight excluding hydrogens is 456 g/mol. The number of carbonyl (C=O) groups excluding carboxylic acids is 2. The summed E-state index contributed by atoms with van der Waals surface area (Å²) >= 11 is 1.69. The van der Waals surface area contributed by atoms with Crippen LogP contribution < -0.4 is 10.6 Å². The van der Waals surface area contributed by atoms with E-state index in [4.69, 9.17) is 0 Å². The van der Waals surface area contributed by atoms with Crippen molar-refractivity contribution >= 4 is 28.8 Å². The van der Waals surface area contributed by atoms with Gasteiger partial charge in [-0.15, -0.1) is 11.3 Å². The number of hydrogen-bond donors (Lipinski definition) is 2. The van der Waals surface area contributed by atoms with Gasteiger partial charge in [-0.1, -0.05) is 54.1 Å². The minimum Gasteiger partial charge on any atom is -0.339 e. The highest BCUT2D eigenvalue weighted by atomic mass is 32.1. The van der Waals surface area contributed by atoms with Crippen LogP contribution in [0, 0.1) is 20.8 Å². The van der Waals surface area contributed by atoms with Crippen molar-refractivity contribution in [1.82, 2.24) is 15.1 Å². The van der Waals surface area contributed by atoms with Crippen LogP contribution in [-0.2, 0) is 9.59 Å². The fourth-order valence-electron chi connectivity index (χ4n) is 4.45. The van der Waals surface area contributed by atoms with Crippen LogP contribution in [0.25, 0.3) is 0 Å². The number of carbonyl (C=O) groups is 2. The lowest BCUT2D eigenvalue weighted by Gasteiger charge is -2.34. The first kappa shape index (κ1) is 25.1. The molecule has 2 N–H and O–H groups in total. The largest absolute Gasteiger partial charge is 0.339 e. The monoisotopic (exact) mass is 490 g/mol. The summed E-state index contributed by atoms with van der Waals surface area (Å²) in [4.78, 5) is 30.8. The molecule has 1 atom stereocenters. The third-order valence-electron chi connectivity index (χ3n) is 6.53. The van der Waals surface area contributed by atoms with Crippen molar-refractivity contribution in [3.8, 4) is 0 Å². The molecule has 0 saturated carbocycles. The summed E-state index contributed by atoms with van der Waals surface area (Å²) < 4.78 is 0. The smallest absolute Gasteiger partial charge is 0.238 e. The van der Waals surface area contributed by atoms with Crippen LogP contribution in [0.2, 0.25) is 0 Å². The van der Waals surface area contributed by atoms with Crippen molar-refractivity contribution in [1.29, 1.82) is 0 Å². The first-order chi connectivity index (χ1) is 16.9. The number of nitrogens with one attached hydrogen (secondary N) is 2. The molecule has 2 heterocycles. The van der Waals surface area contributed by atoms with Crippen LogP contribution in [0.3, 0.4) is 0 Å². The number of rotatable bonds is 8. The lowest BCUT2D eigenvalue weighted by atomic mass is 10.0. The van der Waals surface area contributed by atoms with Crippen molar-refractivity contribution in [2.45, 2.75) is 26.8 Å². The van der Waals surface area contributed by atoms with Crippen LogP contribution in [0.4, 0.5) is 5.69 Å². The van der Waals surface area contributed by atoms with Gasteiger partial charge in [0.15, 0.2) is 0 Å². The van der Waals surface area contributed by atoms with Gasteiger partial charge in [0.25, 0.3) is 0 Å². The lowest BCUT2D eigenvalue weighted by molar-refractivity contribution is -0.132. The van der Waals surface area contributed by atoms with Gasteiger partial charge in [-0.25, -0.2) is 0 Å². The van der Waals surface area contributed by atoms with Gasteiger partial charge in [0.2, 0.25) is 11.8 Å². The van der Waals surface area contributed by atoms with Crippen molar-refractivity contribution in [3.05, 3.63) is 87.1 Å². The van der Waals surface area contributed by atoms with E-state index < -0.39 is 0 Å². The molecule has 184 valence electrons. The number of aryl methyl sites for hydroxylation is 3. The molecule has 0 spiro atoms. The number of para-hydroxylation sites is 1. The predicted octanol–water partition coefficient (Wildman–Crippen LogP) is 4.14. The molecule has 3 aromatic rings. The van der Waals surface area contributed by atoms with Gasteiger partial charge in [0.05, 0.1) is 19.1 Å². The molecule has 1 saturated heterocycles. The van der Waals surface area contributed by atoms with E-state index in [1.54, 1.807) is 11.3 Å². The zero-order valence-electron chi connectivity index (χ0n) is 20.7. The number of thiophene rings is 1. The van der Waals surface area contributed by atoms with Crippen LogP contribution in [0.5, 0.6) is 0 Å². The molecule has 4 rings (SSSR count). The first-order valence-electron chi connectivity index (χ1n) is 12.1. The van der Waals surface area contributed by atoms with Gasteiger partial charge < -0.3 is 10.2 Å². The molecule has 7 heteroatoms. The zero-order chi connectivity index (χ0) is 24.8. The number of piperazine rings is 1. The van der Waals surface area contributed by atoms with Gasteiger partial charge >= 0.3 is 0 Å². The van der Waals surface area contributed by atoms with Crippen molar-refractivity contribution in [2.24, 2.45) is 0 Å². The minimum absolute atomic E-state index is 0.00515. The topological polar surface area (TPSA) is 64.7 Å². The van der Waals surface area contributed by atoms with E-state index in [1.165, 1.54) is 10.4 Å². The highest BCUT2D eigenvalue weighted by molar-refractivity contribution is 7.10. The Balaban J connectivity index is 1.27. The molecule has 1 aliphatic rings. The predicted molar refractivity (Wildman–Crippen MR) is 143 cm³/mol. The van der Waals surface area contributed by atoms with E-state index in [0.717, 1.165) is 22.4 Å². The van der Waals surface area contributed by atoms with E-state index in [1.807, 2.05) is 43.0 Å². The summed E-state index contributed by atoms with van der Waals surface area (Å²) in [5, 5.41) is 8.60. The highest BCUT2D eigenvalue weighted by Gasteiger charge is 2.24. The van der Waals surface area contributed by atoms with E-state index in [9.17, 15) is 9.59 Å². The summed E-state index contributed by atoms with van der Waals surface area (Å²) in [6, 6.07) is 18.6. The second-order valence-corrected chi connectivity index (χ2v) is 10.2. The quantitative estimate of drug-likeness (QED) is 0.498. The Kier molecular flexibility index (Phi) is 8.33. The third kappa shape index (κ3) is 6.57. The number of amides is 2. The van der Waals surface area contributed by atoms with Crippen LogP contribution in [0.15, 0.2) is 60.0 Å². The summed E-state index contributed by atoms with van der Waals surface area (Å²) in [7, 11) is 0. The molecule has 0 radical (unpaired) electrons. The molecule has 1 unspecified atom stereocenters. The van der Waals surface area contributed by atoms with Crippen molar-refractivity contribution in [2.75, 3.05) is 44.6 Å². The molecule has 6 nitrogen and oxygen atoms in total. The van der Waals surface area contributed by atoms with Crippen LogP contribution >= 0.6 is 11.3 Å². The molecule has 2 aromatic carbocycles. The number of anilines is 1. The molecule has 0 aliphatic carbocycles. The molecule has 2 amide bonds. The maximum absolute atomic E-state index is 13.0. The molecule has 35 heavy (non-hydrogen) atoms. The SMILES string of the molecule is Cc1ccc(C(NCC(=O)N2CCN(CC(=O)Nc3c(C)cccc3C)CC2)c2cccs2)cc1. The average Bonchev–Trinajstić information content (AvgIpc) is 3.38. The standard InChI is InChI=1S/C28H34N4O2S/c1-20-9-11-23(12-10-20)28(24-8-5-17-35-24)29-18-26(34)32-15-13-31(14-16-32)19-25(33)30-27-21(2)6-4-7-22(27)3/h4-12,17,28-29H,13-16,18-19H2,1-3H3,(H,30,33). The molecule has 0 bridgehead atoms. The Morgan fingerprint density at radius 3 is 2.23 bits per heavy atom. The summed E-state index contributed by atoms with van der Waals surface area (Å²) in [6.07, 6.45) is 0. The van der Waals surface area contributed by atoms with E-state index in [0.29, 0.717) is 32.7 Å². The Morgan fingerprint density at radius 2 is 1.60 bits per heavy atom. The average molecular weight is 491 g/mol. The fraction of sp³-hybridized carbons (Fsp3) is 0.357. The first-order valence-corrected chi connectivity index (χ1v) is 13.0. The van der Waals surface area contributed by atoms with Crippen molar-refractivity contribution < 1.29 is 9.59 Å². The summed E-state index contributed by atoms with van der Waals surface area (Å²) in [5.41, 5.74) is 5.40. The fourth-order valence-corrected chi connectivity index (χ4v) is 5.27. The lowest BCUT2D eigenvalue weighted by Crippen LogP contribution is -2.52. The maximum atomic E-state index is 13.0. The minimum atomic E-state index is -0.0132. The molecule has 1 aliphatic heterocycles. The second kappa shape index (κ2) is 11.6. The van der Waals surface area contributed by atoms with Gasteiger partial charge in [-0.05, 0) is 48.9 Å².